The lowest BCUT2D eigenvalue weighted by Gasteiger charge is -2.25. The molecule has 0 aliphatic carbocycles. The number of para-hydroxylation sites is 1. The topological polar surface area (TPSA) is 68.4 Å². The normalized spacial score (nSPS) is 15.5. The van der Waals surface area contributed by atoms with Crippen molar-refractivity contribution in [2.75, 3.05) is 0 Å². The number of aromatic amines is 1. The van der Waals surface area contributed by atoms with Gasteiger partial charge in [0.2, 0.25) is 0 Å². The minimum absolute atomic E-state index is 0.124. The van der Waals surface area contributed by atoms with E-state index in [1.165, 1.54) is 0 Å². The van der Waals surface area contributed by atoms with Crippen LogP contribution >= 0.6 is 0 Å². The molecule has 1 atom stereocenters. The summed E-state index contributed by atoms with van der Waals surface area (Å²) in [5.41, 5.74) is 2.88. The van der Waals surface area contributed by atoms with E-state index in [-0.39, 0.29) is 23.9 Å². The number of carbonyl (C=O) groups excluding carboxylic acids is 1. The van der Waals surface area contributed by atoms with Crippen LogP contribution in [0.2, 0.25) is 0 Å². The molecule has 5 rings (SSSR count). The van der Waals surface area contributed by atoms with Crippen LogP contribution in [-0.4, -0.2) is 11.0 Å². The van der Waals surface area contributed by atoms with E-state index in [0.717, 1.165) is 22.3 Å². The Labute approximate surface area is 172 Å². The number of ether oxygens (including phenoxy) is 2. The molecule has 0 saturated heterocycles. The summed E-state index contributed by atoms with van der Waals surface area (Å²) in [7, 11) is 0. The summed E-state index contributed by atoms with van der Waals surface area (Å²) in [6, 6.07) is 24.8. The molecule has 1 aromatic heterocycles. The molecule has 1 aliphatic heterocycles. The Bertz CT molecular complexity index is 1280. The average Bonchev–Trinajstić information content (AvgIpc) is 2.78. The summed E-state index contributed by atoms with van der Waals surface area (Å²) in [6.07, 6.45) is 0.124. The molecular weight excluding hydrogens is 378 g/mol. The largest absolute Gasteiger partial charge is 0.489 e. The van der Waals surface area contributed by atoms with Crippen LogP contribution in [0.15, 0.2) is 83.7 Å². The van der Waals surface area contributed by atoms with E-state index in [4.69, 9.17) is 9.47 Å². The molecule has 0 radical (unpaired) electrons. The monoisotopic (exact) mass is 397 g/mol. The number of H-pyrrole nitrogens is 1. The van der Waals surface area contributed by atoms with E-state index < -0.39 is 0 Å². The second-order valence-electron chi connectivity index (χ2n) is 7.32. The van der Waals surface area contributed by atoms with Crippen LogP contribution < -0.4 is 15.0 Å². The second kappa shape index (κ2) is 7.52. The summed E-state index contributed by atoms with van der Waals surface area (Å²) in [6.45, 7) is 0.477. The predicted octanol–water partition coefficient (Wildman–Crippen LogP) is 4.55. The lowest BCUT2D eigenvalue weighted by molar-refractivity contribution is -0.135. The zero-order chi connectivity index (χ0) is 20.5. The van der Waals surface area contributed by atoms with Crippen LogP contribution in [0.25, 0.3) is 10.9 Å². The zero-order valence-electron chi connectivity index (χ0n) is 16.1. The second-order valence-corrected chi connectivity index (χ2v) is 7.32. The van der Waals surface area contributed by atoms with Crippen LogP contribution in [0.3, 0.4) is 0 Å². The molecule has 3 aromatic carbocycles. The first kappa shape index (κ1) is 18.2. The van der Waals surface area contributed by atoms with Crippen molar-refractivity contribution in [2.24, 2.45) is 0 Å². The van der Waals surface area contributed by atoms with E-state index in [9.17, 15) is 9.59 Å². The Morgan fingerprint density at radius 3 is 2.43 bits per heavy atom. The maximum atomic E-state index is 12.8. The highest BCUT2D eigenvalue weighted by Gasteiger charge is 2.32. The summed E-state index contributed by atoms with van der Waals surface area (Å²) in [5.74, 6) is 0.388. The molecule has 0 bridgehead atoms. The number of benzene rings is 3. The standard InChI is InChI=1S/C25H19NO4/c27-22-14-20(23-24(30-22)19-8-4-5-9-21(19)26-25(23)28)17-10-12-18(13-11-17)29-15-16-6-2-1-3-7-16/h1-13,20H,14-15H2,(H,26,28)/t20-/m0/s1. The fourth-order valence-electron chi connectivity index (χ4n) is 3.90. The number of nitrogens with one attached hydrogen (secondary N) is 1. The van der Waals surface area contributed by atoms with Gasteiger partial charge < -0.3 is 14.5 Å². The Hall–Kier alpha value is -3.86. The van der Waals surface area contributed by atoms with Gasteiger partial charge in [-0.05, 0) is 35.4 Å². The van der Waals surface area contributed by atoms with Crippen molar-refractivity contribution >= 4 is 16.9 Å². The lowest BCUT2D eigenvalue weighted by atomic mass is 9.86. The molecule has 148 valence electrons. The third kappa shape index (κ3) is 3.35. The highest BCUT2D eigenvalue weighted by Crippen LogP contribution is 2.40. The quantitative estimate of drug-likeness (QED) is 0.513. The van der Waals surface area contributed by atoms with Gasteiger partial charge in [0.05, 0.1) is 17.5 Å². The maximum Gasteiger partial charge on any atom is 0.312 e. The van der Waals surface area contributed by atoms with Crippen molar-refractivity contribution in [2.45, 2.75) is 18.9 Å². The third-order valence-corrected chi connectivity index (χ3v) is 5.38. The molecule has 4 aromatic rings. The van der Waals surface area contributed by atoms with Gasteiger partial charge in [0, 0.05) is 11.3 Å². The molecule has 5 heteroatoms. The van der Waals surface area contributed by atoms with Crippen molar-refractivity contribution in [3.05, 3.63) is 106 Å². The van der Waals surface area contributed by atoms with Crippen LogP contribution in [0.4, 0.5) is 0 Å². The van der Waals surface area contributed by atoms with Gasteiger partial charge in [-0.3, -0.25) is 9.59 Å². The first-order valence-corrected chi connectivity index (χ1v) is 9.81. The first-order valence-electron chi connectivity index (χ1n) is 9.81. The summed E-state index contributed by atoms with van der Waals surface area (Å²) >= 11 is 0. The molecule has 0 spiro atoms. The molecule has 0 fully saturated rings. The molecule has 1 aliphatic rings. The van der Waals surface area contributed by atoms with Crippen molar-refractivity contribution in [3.63, 3.8) is 0 Å². The molecule has 0 unspecified atom stereocenters. The van der Waals surface area contributed by atoms with E-state index in [0.29, 0.717) is 23.4 Å². The van der Waals surface area contributed by atoms with E-state index in [2.05, 4.69) is 4.98 Å². The van der Waals surface area contributed by atoms with Crippen molar-refractivity contribution in [3.8, 4) is 11.5 Å². The average molecular weight is 397 g/mol. The fraction of sp³-hybridized carbons (Fsp3) is 0.120. The minimum atomic E-state index is -0.363. The van der Waals surface area contributed by atoms with Gasteiger partial charge in [0.25, 0.3) is 5.56 Å². The Kier molecular flexibility index (Phi) is 4.56. The molecule has 5 nitrogen and oxygen atoms in total. The number of esters is 1. The van der Waals surface area contributed by atoms with Gasteiger partial charge in [-0.25, -0.2) is 0 Å². The smallest absolute Gasteiger partial charge is 0.312 e. The SMILES string of the molecule is O=C1C[C@@H](c2ccc(OCc3ccccc3)cc2)c2c(c3ccccc3[nH]c2=O)O1. The molecule has 0 amide bonds. The molecule has 0 saturated carbocycles. The summed E-state index contributed by atoms with van der Waals surface area (Å²) < 4.78 is 11.4. The highest BCUT2D eigenvalue weighted by molar-refractivity contribution is 5.91. The van der Waals surface area contributed by atoms with Crippen LogP contribution in [0, 0.1) is 0 Å². The van der Waals surface area contributed by atoms with E-state index >= 15 is 0 Å². The molecule has 1 N–H and O–H groups in total. The van der Waals surface area contributed by atoms with Gasteiger partial charge in [-0.15, -0.1) is 0 Å². The van der Waals surface area contributed by atoms with Crippen molar-refractivity contribution in [1.29, 1.82) is 0 Å². The van der Waals surface area contributed by atoms with E-state index in [1.54, 1.807) is 6.07 Å². The summed E-state index contributed by atoms with van der Waals surface area (Å²) in [4.78, 5) is 28.1. The van der Waals surface area contributed by atoms with Gasteiger partial charge in [0.15, 0.2) is 0 Å². The number of aromatic nitrogens is 1. The molecule has 30 heavy (non-hydrogen) atoms. The summed E-state index contributed by atoms with van der Waals surface area (Å²) in [5, 5.41) is 0.730. The Balaban J connectivity index is 1.47. The van der Waals surface area contributed by atoms with Crippen LogP contribution in [0.1, 0.15) is 29.0 Å². The number of rotatable bonds is 4. The fourth-order valence-corrected chi connectivity index (χ4v) is 3.90. The first-order chi connectivity index (χ1) is 14.7. The minimum Gasteiger partial charge on any atom is -0.489 e. The van der Waals surface area contributed by atoms with Crippen molar-refractivity contribution in [1.82, 2.24) is 4.98 Å². The number of hydrogen-bond acceptors (Lipinski definition) is 4. The number of hydrogen-bond donors (Lipinski definition) is 1. The zero-order valence-corrected chi connectivity index (χ0v) is 16.1. The Morgan fingerprint density at radius 2 is 1.63 bits per heavy atom. The Morgan fingerprint density at radius 1 is 0.900 bits per heavy atom. The van der Waals surface area contributed by atoms with Crippen LogP contribution in [0.5, 0.6) is 11.5 Å². The number of pyridine rings is 1. The molecular formula is C25H19NO4. The van der Waals surface area contributed by atoms with E-state index in [1.807, 2.05) is 72.8 Å². The van der Waals surface area contributed by atoms with Gasteiger partial charge in [0.1, 0.15) is 18.1 Å². The maximum absolute atomic E-state index is 12.8. The van der Waals surface area contributed by atoms with Crippen molar-refractivity contribution < 1.29 is 14.3 Å². The van der Waals surface area contributed by atoms with Gasteiger partial charge in [-0.1, -0.05) is 54.6 Å². The van der Waals surface area contributed by atoms with Gasteiger partial charge >= 0.3 is 5.97 Å². The van der Waals surface area contributed by atoms with Crippen LogP contribution in [-0.2, 0) is 11.4 Å². The third-order valence-electron chi connectivity index (χ3n) is 5.38. The lowest BCUT2D eigenvalue weighted by Crippen LogP contribution is -2.28. The highest BCUT2D eigenvalue weighted by atomic mass is 16.5. The van der Waals surface area contributed by atoms with Gasteiger partial charge in [-0.2, -0.15) is 0 Å². The predicted molar refractivity (Wildman–Crippen MR) is 114 cm³/mol. The number of fused-ring (bicyclic) bond motifs is 3. The number of carbonyl (C=O) groups is 1. The molecule has 2 heterocycles.